The van der Waals surface area contributed by atoms with E-state index in [0.29, 0.717) is 32.4 Å². The predicted octanol–water partition coefficient (Wildman–Crippen LogP) is 5.66. The van der Waals surface area contributed by atoms with Crippen molar-refractivity contribution in [3.63, 3.8) is 0 Å². The molecule has 1 N–H and O–H groups in total. The van der Waals surface area contributed by atoms with Crippen molar-refractivity contribution in [2.45, 2.75) is 65.5 Å². The summed E-state index contributed by atoms with van der Waals surface area (Å²) in [6.07, 6.45) is 3.35. The molecule has 3 aromatic carbocycles. The number of carbonyl (C=O) groups excluding carboxylic acids is 2. The molecule has 4 heteroatoms. The van der Waals surface area contributed by atoms with Crippen molar-refractivity contribution >= 4 is 11.8 Å². The molecule has 0 fully saturated rings. The normalized spacial score (nSPS) is 11.6. The van der Waals surface area contributed by atoms with Gasteiger partial charge in [-0.15, -0.1) is 0 Å². The van der Waals surface area contributed by atoms with Gasteiger partial charge in [-0.25, -0.2) is 0 Å². The van der Waals surface area contributed by atoms with Crippen LogP contribution in [0.4, 0.5) is 0 Å². The Morgan fingerprint density at radius 3 is 2.14 bits per heavy atom. The number of amides is 2. The Bertz CT molecular complexity index is 1080. The molecule has 35 heavy (non-hydrogen) atoms. The second-order valence-electron chi connectivity index (χ2n) is 9.11. The minimum absolute atomic E-state index is 0.000371. The van der Waals surface area contributed by atoms with Crippen molar-refractivity contribution in [1.82, 2.24) is 10.2 Å². The molecule has 0 unspecified atom stereocenters. The Hall–Kier alpha value is -3.40. The molecule has 3 rings (SSSR count). The molecule has 0 radical (unpaired) electrons. The maximum atomic E-state index is 13.7. The average Bonchev–Trinajstić information content (AvgIpc) is 2.89. The fourth-order valence-electron chi connectivity index (χ4n) is 4.23. The Morgan fingerprint density at radius 1 is 0.829 bits per heavy atom. The summed E-state index contributed by atoms with van der Waals surface area (Å²) >= 11 is 0. The number of nitrogens with zero attached hydrogens (tertiary/aromatic N) is 1. The molecular formula is C31H38N2O2. The molecule has 0 bridgehead atoms. The molecule has 3 aromatic rings. The van der Waals surface area contributed by atoms with E-state index >= 15 is 0 Å². The SMILES string of the molecule is CCCNC(=O)[C@@H](Cc1ccccc1)N(Cc1ccccc1C)C(=O)CCc1ccc(CC)cc1. The van der Waals surface area contributed by atoms with Crippen molar-refractivity contribution in [2.24, 2.45) is 0 Å². The summed E-state index contributed by atoms with van der Waals surface area (Å²) in [5.74, 6) is -0.0923. The van der Waals surface area contributed by atoms with E-state index in [1.54, 1.807) is 4.90 Å². The van der Waals surface area contributed by atoms with Crippen molar-refractivity contribution in [1.29, 1.82) is 0 Å². The molecule has 0 spiro atoms. The van der Waals surface area contributed by atoms with Crippen LogP contribution in [0.2, 0.25) is 0 Å². The molecule has 0 aliphatic rings. The van der Waals surface area contributed by atoms with Gasteiger partial charge in [0.1, 0.15) is 6.04 Å². The summed E-state index contributed by atoms with van der Waals surface area (Å²) in [5, 5.41) is 3.04. The first kappa shape index (κ1) is 26.2. The third kappa shape index (κ3) is 7.81. The number of hydrogen-bond donors (Lipinski definition) is 1. The first-order valence-corrected chi connectivity index (χ1v) is 12.7. The maximum Gasteiger partial charge on any atom is 0.243 e. The van der Waals surface area contributed by atoms with Gasteiger partial charge in [0.05, 0.1) is 0 Å². The second kappa shape index (κ2) is 13.5. The minimum Gasteiger partial charge on any atom is -0.354 e. The summed E-state index contributed by atoms with van der Waals surface area (Å²) in [7, 11) is 0. The van der Waals surface area contributed by atoms with Gasteiger partial charge in [-0.05, 0) is 54.0 Å². The smallest absolute Gasteiger partial charge is 0.243 e. The fourth-order valence-corrected chi connectivity index (χ4v) is 4.23. The number of carbonyl (C=O) groups is 2. The van der Waals surface area contributed by atoms with Crippen LogP contribution in [0.5, 0.6) is 0 Å². The number of aryl methyl sites for hydroxylation is 3. The van der Waals surface area contributed by atoms with Gasteiger partial charge in [0.25, 0.3) is 0 Å². The quantitative estimate of drug-likeness (QED) is 0.371. The Kier molecular flexibility index (Phi) is 10.1. The van der Waals surface area contributed by atoms with Crippen LogP contribution in [0.1, 0.15) is 54.5 Å². The standard InChI is InChI=1S/C31H38N2O2/c1-4-21-32-31(35)29(22-27-12-7-6-8-13-27)33(23-28-14-10-9-11-24(28)3)30(34)20-19-26-17-15-25(5-2)16-18-26/h6-18,29H,4-5,19-23H2,1-3H3,(H,32,35)/t29-/m1/s1. The highest BCUT2D eigenvalue weighted by Crippen LogP contribution is 2.19. The monoisotopic (exact) mass is 470 g/mol. The van der Waals surface area contributed by atoms with Crippen LogP contribution in [-0.2, 0) is 35.4 Å². The van der Waals surface area contributed by atoms with Gasteiger partial charge in [-0.3, -0.25) is 9.59 Å². The highest BCUT2D eigenvalue weighted by Gasteiger charge is 2.30. The molecule has 2 amide bonds. The molecule has 4 nitrogen and oxygen atoms in total. The van der Waals surface area contributed by atoms with Crippen LogP contribution >= 0.6 is 0 Å². The predicted molar refractivity (Wildman–Crippen MR) is 143 cm³/mol. The zero-order valence-corrected chi connectivity index (χ0v) is 21.3. The number of nitrogens with one attached hydrogen (secondary N) is 1. The highest BCUT2D eigenvalue weighted by atomic mass is 16.2. The summed E-state index contributed by atoms with van der Waals surface area (Å²) in [6, 6.07) is 25.9. The third-order valence-corrected chi connectivity index (χ3v) is 6.48. The number of rotatable bonds is 12. The minimum atomic E-state index is -0.571. The van der Waals surface area contributed by atoms with Crippen LogP contribution in [0.15, 0.2) is 78.9 Å². The second-order valence-corrected chi connectivity index (χ2v) is 9.11. The summed E-state index contributed by atoms with van der Waals surface area (Å²) < 4.78 is 0. The van der Waals surface area contributed by atoms with E-state index in [1.165, 1.54) is 5.56 Å². The molecular weight excluding hydrogens is 432 g/mol. The lowest BCUT2D eigenvalue weighted by Gasteiger charge is -2.32. The van der Waals surface area contributed by atoms with Gasteiger partial charge < -0.3 is 10.2 Å². The van der Waals surface area contributed by atoms with E-state index in [1.807, 2.05) is 55.5 Å². The molecule has 0 aromatic heterocycles. The lowest BCUT2D eigenvalue weighted by molar-refractivity contribution is -0.141. The maximum absolute atomic E-state index is 13.7. The van der Waals surface area contributed by atoms with E-state index in [-0.39, 0.29) is 11.8 Å². The summed E-state index contributed by atoms with van der Waals surface area (Å²) in [5.41, 5.74) is 5.66. The Morgan fingerprint density at radius 2 is 1.49 bits per heavy atom. The summed E-state index contributed by atoms with van der Waals surface area (Å²) in [6.45, 7) is 7.24. The topological polar surface area (TPSA) is 49.4 Å². The van der Waals surface area contributed by atoms with Gasteiger partial charge in [-0.2, -0.15) is 0 Å². The van der Waals surface area contributed by atoms with Crippen LogP contribution in [0, 0.1) is 6.92 Å². The van der Waals surface area contributed by atoms with Crippen LogP contribution in [0.3, 0.4) is 0 Å². The largest absolute Gasteiger partial charge is 0.354 e. The van der Waals surface area contributed by atoms with Gasteiger partial charge >= 0.3 is 0 Å². The summed E-state index contributed by atoms with van der Waals surface area (Å²) in [4.78, 5) is 28.9. The molecule has 0 aliphatic heterocycles. The Labute approximate surface area is 210 Å². The highest BCUT2D eigenvalue weighted by molar-refractivity contribution is 5.88. The van der Waals surface area contributed by atoms with E-state index in [9.17, 15) is 9.59 Å². The lowest BCUT2D eigenvalue weighted by atomic mass is 10.00. The van der Waals surface area contributed by atoms with Crippen molar-refractivity contribution in [3.8, 4) is 0 Å². The molecule has 0 saturated heterocycles. The van der Waals surface area contributed by atoms with Gasteiger partial charge in [0, 0.05) is 25.9 Å². The molecule has 184 valence electrons. The molecule has 1 atom stereocenters. The zero-order chi connectivity index (χ0) is 25.0. The van der Waals surface area contributed by atoms with Crippen LogP contribution in [-0.4, -0.2) is 29.3 Å². The van der Waals surface area contributed by atoms with Gasteiger partial charge in [-0.1, -0.05) is 92.7 Å². The molecule has 0 heterocycles. The van der Waals surface area contributed by atoms with E-state index in [4.69, 9.17) is 0 Å². The van der Waals surface area contributed by atoms with E-state index < -0.39 is 6.04 Å². The molecule has 0 aliphatic carbocycles. The first-order chi connectivity index (χ1) is 17.0. The van der Waals surface area contributed by atoms with Crippen molar-refractivity contribution in [3.05, 3.63) is 107 Å². The first-order valence-electron chi connectivity index (χ1n) is 12.7. The molecule has 0 saturated carbocycles. The van der Waals surface area contributed by atoms with Gasteiger partial charge in [0.2, 0.25) is 11.8 Å². The number of benzene rings is 3. The van der Waals surface area contributed by atoms with Crippen molar-refractivity contribution in [2.75, 3.05) is 6.54 Å². The zero-order valence-electron chi connectivity index (χ0n) is 21.3. The van der Waals surface area contributed by atoms with E-state index in [2.05, 4.69) is 49.5 Å². The number of hydrogen-bond acceptors (Lipinski definition) is 2. The van der Waals surface area contributed by atoms with Crippen LogP contribution < -0.4 is 5.32 Å². The lowest BCUT2D eigenvalue weighted by Crippen LogP contribution is -2.50. The Balaban J connectivity index is 1.88. The van der Waals surface area contributed by atoms with Crippen molar-refractivity contribution < 1.29 is 9.59 Å². The average molecular weight is 471 g/mol. The third-order valence-electron chi connectivity index (χ3n) is 6.48. The van der Waals surface area contributed by atoms with Crippen LogP contribution in [0.25, 0.3) is 0 Å². The fraction of sp³-hybridized carbons (Fsp3) is 0.355. The van der Waals surface area contributed by atoms with Gasteiger partial charge in [0.15, 0.2) is 0 Å². The van der Waals surface area contributed by atoms with E-state index in [0.717, 1.165) is 35.1 Å².